The summed E-state index contributed by atoms with van der Waals surface area (Å²) in [6.07, 6.45) is 0. The maximum absolute atomic E-state index is 11.0. The van der Waals surface area contributed by atoms with Gasteiger partial charge in [0.05, 0.1) is 16.6 Å². The number of hydrogen-bond acceptors (Lipinski definition) is 4. The molecule has 0 amide bonds. The quantitative estimate of drug-likeness (QED) is 0.350. The van der Waals surface area contributed by atoms with Crippen LogP contribution in [0.5, 0.6) is 0 Å². The summed E-state index contributed by atoms with van der Waals surface area (Å²) in [4.78, 5) is 20.8. The minimum atomic E-state index is -0.665. The van der Waals surface area contributed by atoms with E-state index in [1.807, 2.05) is 0 Å². The minimum Gasteiger partial charge on any atom is -0.456 e. The molecule has 1 rings (SSSR count). The third kappa shape index (κ3) is 3.78. The molecule has 0 aliphatic heterocycles. The molecule has 6 heteroatoms. The summed E-state index contributed by atoms with van der Waals surface area (Å²) in [5.41, 5.74) is 0.210. The molecule has 5 nitrogen and oxygen atoms in total. The lowest BCUT2D eigenvalue weighted by Crippen LogP contribution is -1.99. The normalized spacial score (nSPS) is 9.06. The molecule has 17 heavy (non-hydrogen) atoms. The Morgan fingerprint density at radius 3 is 2.82 bits per heavy atom. The molecule has 0 aliphatic rings. The Morgan fingerprint density at radius 2 is 2.29 bits per heavy atom. The van der Waals surface area contributed by atoms with Crippen LogP contribution >= 0.6 is 11.6 Å². The first-order valence-corrected chi connectivity index (χ1v) is 5.05. The Bertz CT molecular complexity index is 516. The van der Waals surface area contributed by atoms with Crippen molar-refractivity contribution in [3.8, 4) is 11.8 Å². The van der Waals surface area contributed by atoms with Gasteiger partial charge in [-0.05, 0) is 13.0 Å². The van der Waals surface area contributed by atoms with Crippen LogP contribution < -0.4 is 0 Å². The van der Waals surface area contributed by atoms with Crippen LogP contribution in [0, 0.1) is 22.0 Å². The van der Waals surface area contributed by atoms with Crippen molar-refractivity contribution in [3.63, 3.8) is 0 Å². The average Bonchev–Trinajstić information content (AvgIpc) is 2.27. The SMILES string of the molecule is CCOC(=O)C#Cc1ccc([N+](=O)[O-])cc1Cl. The fraction of sp³-hybridized carbons (Fsp3) is 0.182. The molecule has 0 N–H and O–H groups in total. The van der Waals surface area contributed by atoms with Gasteiger partial charge in [0, 0.05) is 23.6 Å². The molecule has 0 heterocycles. The second-order valence-corrected chi connectivity index (χ2v) is 3.30. The number of halogens is 1. The van der Waals surface area contributed by atoms with E-state index in [1.165, 1.54) is 18.2 Å². The van der Waals surface area contributed by atoms with Crippen molar-refractivity contribution in [2.45, 2.75) is 6.92 Å². The second-order valence-electron chi connectivity index (χ2n) is 2.89. The topological polar surface area (TPSA) is 69.4 Å². The third-order valence-corrected chi connectivity index (χ3v) is 2.05. The van der Waals surface area contributed by atoms with Crippen molar-refractivity contribution in [2.75, 3.05) is 6.61 Å². The Balaban J connectivity index is 2.93. The fourth-order valence-corrected chi connectivity index (χ4v) is 1.23. The summed E-state index contributed by atoms with van der Waals surface area (Å²) in [6.45, 7) is 1.90. The first-order chi connectivity index (χ1) is 8.04. The van der Waals surface area contributed by atoms with E-state index in [0.29, 0.717) is 5.56 Å². The van der Waals surface area contributed by atoms with Crippen LogP contribution in [0.3, 0.4) is 0 Å². The number of carbonyl (C=O) groups is 1. The number of ether oxygens (including phenoxy) is 1. The highest BCUT2D eigenvalue weighted by molar-refractivity contribution is 6.32. The van der Waals surface area contributed by atoms with Gasteiger partial charge in [-0.15, -0.1) is 0 Å². The zero-order valence-corrected chi connectivity index (χ0v) is 9.65. The maximum atomic E-state index is 11.0. The average molecular weight is 254 g/mol. The first-order valence-electron chi connectivity index (χ1n) is 4.67. The number of hydrogen-bond donors (Lipinski definition) is 0. The third-order valence-electron chi connectivity index (χ3n) is 1.74. The highest BCUT2D eigenvalue weighted by atomic mass is 35.5. The van der Waals surface area contributed by atoms with Gasteiger partial charge in [0.2, 0.25) is 0 Å². The molecular weight excluding hydrogens is 246 g/mol. The maximum Gasteiger partial charge on any atom is 0.384 e. The summed E-state index contributed by atoms with van der Waals surface area (Å²) in [5.74, 6) is 4.04. The molecule has 0 unspecified atom stereocenters. The minimum absolute atomic E-state index is 0.121. The molecule has 0 spiro atoms. The number of non-ortho nitro benzene ring substituents is 1. The molecule has 0 saturated heterocycles. The van der Waals surface area contributed by atoms with Crippen molar-refractivity contribution < 1.29 is 14.5 Å². The zero-order chi connectivity index (χ0) is 12.8. The lowest BCUT2D eigenvalue weighted by Gasteiger charge is -1.96. The molecule has 0 bridgehead atoms. The Hall–Kier alpha value is -2.06. The van der Waals surface area contributed by atoms with Crippen LogP contribution in [-0.4, -0.2) is 17.5 Å². The van der Waals surface area contributed by atoms with Gasteiger partial charge in [-0.1, -0.05) is 17.5 Å². The molecule has 0 fully saturated rings. The highest BCUT2D eigenvalue weighted by Gasteiger charge is 2.08. The summed E-state index contributed by atoms with van der Waals surface area (Å²) < 4.78 is 4.60. The van der Waals surface area contributed by atoms with Crippen LogP contribution in [-0.2, 0) is 9.53 Å². The number of carbonyl (C=O) groups excluding carboxylic acids is 1. The predicted molar refractivity (Wildman–Crippen MR) is 61.6 cm³/mol. The number of benzene rings is 1. The van der Waals surface area contributed by atoms with Gasteiger partial charge >= 0.3 is 5.97 Å². The molecule has 0 aromatic heterocycles. The summed E-state index contributed by atoms with van der Waals surface area (Å²) in [5, 5.41) is 10.6. The smallest absolute Gasteiger partial charge is 0.384 e. The lowest BCUT2D eigenvalue weighted by atomic mass is 10.2. The van der Waals surface area contributed by atoms with Gasteiger partial charge in [0.25, 0.3) is 5.69 Å². The van der Waals surface area contributed by atoms with Crippen LogP contribution in [0.25, 0.3) is 0 Å². The molecule has 0 radical (unpaired) electrons. The van der Waals surface area contributed by atoms with Gasteiger partial charge in [-0.25, -0.2) is 4.79 Å². The summed E-state index contributed by atoms with van der Waals surface area (Å²) in [7, 11) is 0. The van der Waals surface area contributed by atoms with Gasteiger partial charge in [-0.3, -0.25) is 10.1 Å². The standard InChI is InChI=1S/C11H8ClNO4/c1-2-17-11(14)6-4-8-3-5-9(13(15)16)7-10(8)12/h3,5,7H,2H2,1H3. The monoisotopic (exact) mass is 253 g/mol. The van der Waals surface area contributed by atoms with Crippen LogP contribution in [0.4, 0.5) is 5.69 Å². The van der Waals surface area contributed by atoms with Crippen molar-refractivity contribution >= 4 is 23.3 Å². The first kappa shape index (κ1) is 13.0. The van der Waals surface area contributed by atoms with E-state index < -0.39 is 10.9 Å². The summed E-state index contributed by atoms with van der Waals surface area (Å²) in [6, 6.07) is 3.82. The second kappa shape index (κ2) is 5.87. The molecule has 0 saturated carbocycles. The van der Waals surface area contributed by atoms with Crippen LogP contribution in [0.2, 0.25) is 5.02 Å². The van der Waals surface area contributed by atoms with E-state index in [2.05, 4.69) is 16.6 Å². The number of nitro benzene ring substituents is 1. The molecule has 0 atom stereocenters. The summed E-state index contributed by atoms with van der Waals surface area (Å²) >= 11 is 5.77. The van der Waals surface area contributed by atoms with E-state index in [4.69, 9.17) is 11.6 Å². The molecule has 1 aromatic rings. The number of nitrogens with zero attached hydrogens (tertiary/aromatic N) is 1. The fourth-order valence-electron chi connectivity index (χ4n) is 1.00. The van der Waals surface area contributed by atoms with E-state index in [0.717, 1.165) is 0 Å². The highest BCUT2D eigenvalue weighted by Crippen LogP contribution is 2.21. The number of rotatable bonds is 2. The van der Waals surface area contributed by atoms with E-state index in [9.17, 15) is 14.9 Å². The van der Waals surface area contributed by atoms with E-state index >= 15 is 0 Å². The van der Waals surface area contributed by atoms with E-state index in [-0.39, 0.29) is 17.3 Å². The van der Waals surface area contributed by atoms with E-state index in [1.54, 1.807) is 6.92 Å². The number of esters is 1. The lowest BCUT2D eigenvalue weighted by molar-refractivity contribution is -0.384. The molecule has 0 aliphatic carbocycles. The number of nitro groups is 1. The predicted octanol–water partition coefficient (Wildman–Crippen LogP) is 2.16. The molecular formula is C11H8ClNO4. The molecule has 88 valence electrons. The van der Waals surface area contributed by atoms with Crippen molar-refractivity contribution in [2.24, 2.45) is 0 Å². The zero-order valence-electron chi connectivity index (χ0n) is 8.90. The van der Waals surface area contributed by atoms with Gasteiger partial charge in [0.15, 0.2) is 0 Å². The van der Waals surface area contributed by atoms with Crippen molar-refractivity contribution in [1.29, 1.82) is 0 Å². The van der Waals surface area contributed by atoms with Crippen LogP contribution in [0.15, 0.2) is 18.2 Å². The van der Waals surface area contributed by atoms with Crippen LogP contribution in [0.1, 0.15) is 12.5 Å². The van der Waals surface area contributed by atoms with Crippen molar-refractivity contribution in [3.05, 3.63) is 38.9 Å². The largest absolute Gasteiger partial charge is 0.456 e. The molecule has 1 aromatic carbocycles. The van der Waals surface area contributed by atoms with Gasteiger partial charge in [0.1, 0.15) is 0 Å². The van der Waals surface area contributed by atoms with Gasteiger partial charge in [-0.2, -0.15) is 0 Å². The Morgan fingerprint density at radius 1 is 1.59 bits per heavy atom. The van der Waals surface area contributed by atoms with Crippen molar-refractivity contribution in [1.82, 2.24) is 0 Å². The Labute approximate surface area is 102 Å². The Kier molecular flexibility index (Phi) is 4.49. The van der Waals surface area contributed by atoms with Gasteiger partial charge < -0.3 is 4.74 Å².